The van der Waals surface area contributed by atoms with Crippen LogP contribution in [0.4, 0.5) is 5.88 Å². The minimum absolute atomic E-state index is 0.153. The molecule has 3 aliphatic rings. The fourth-order valence-electron chi connectivity index (χ4n) is 3.88. The zero-order valence-corrected chi connectivity index (χ0v) is 17.8. The molecule has 3 aliphatic heterocycles. The van der Waals surface area contributed by atoms with Gasteiger partial charge in [0.25, 0.3) is 5.56 Å². The van der Waals surface area contributed by atoms with Crippen LogP contribution in [0.1, 0.15) is 30.7 Å². The third-order valence-corrected chi connectivity index (χ3v) is 6.16. The second-order valence-electron chi connectivity index (χ2n) is 7.41. The summed E-state index contributed by atoms with van der Waals surface area (Å²) in [6.45, 7) is 0.774. The van der Waals surface area contributed by atoms with E-state index in [2.05, 4.69) is 9.67 Å². The number of aromatic nitrogens is 4. The maximum absolute atomic E-state index is 13.2. The normalized spacial score (nSPS) is 14.0. The van der Waals surface area contributed by atoms with Crippen LogP contribution in [-0.4, -0.2) is 24.3 Å². The summed E-state index contributed by atoms with van der Waals surface area (Å²) in [7, 11) is 0. The molecular weight excluding hydrogens is 430 g/mol. The van der Waals surface area contributed by atoms with Crippen molar-refractivity contribution >= 4 is 23.7 Å². The van der Waals surface area contributed by atoms with E-state index in [4.69, 9.17) is 9.40 Å². The predicted molar refractivity (Wildman–Crippen MR) is 120 cm³/mol. The summed E-state index contributed by atoms with van der Waals surface area (Å²) >= 11 is 1.37. The molecule has 0 spiro atoms. The van der Waals surface area contributed by atoms with E-state index in [0.717, 1.165) is 43.1 Å². The highest BCUT2D eigenvalue weighted by Gasteiger charge is 2.26. The molecule has 4 heterocycles. The Labute approximate surface area is 186 Å². The highest BCUT2D eigenvalue weighted by Crippen LogP contribution is 2.31. The summed E-state index contributed by atoms with van der Waals surface area (Å²) in [5.74, 6) is 0.514. The molecule has 10 heteroatoms. The van der Waals surface area contributed by atoms with Gasteiger partial charge in [0, 0.05) is 12.2 Å². The second-order valence-corrected chi connectivity index (χ2v) is 8.28. The van der Waals surface area contributed by atoms with E-state index in [1.807, 2.05) is 30.3 Å². The minimum Gasteiger partial charge on any atom is -0.401 e. The Morgan fingerprint density at radius 2 is 1.97 bits per heavy atom. The lowest BCUT2D eigenvalue weighted by Gasteiger charge is -2.16. The van der Waals surface area contributed by atoms with Crippen molar-refractivity contribution in [1.29, 1.82) is 0 Å². The lowest BCUT2D eigenvalue weighted by atomic mass is 10.1. The van der Waals surface area contributed by atoms with Crippen molar-refractivity contribution in [3.63, 3.8) is 0 Å². The SMILES string of the molecule is O=c1c2c3n(c(S/C=C/c4ccc([N+](=O)[O-])o4)nc-2nn1-c1ccccc1)CCCCC3. The number of benzene rings is 1. The molecule has 0 saturated heterocycles. The van der Waals surface area contributed by atoms with Crippen molar-refractivity contribution in [3.05, 3.63) is 79.8 Å². The number of thioether (sulfide) groups is 1. The van der Waals surface area contributed by atoms with E-state index in [1.165, 1.54) is 22.5 Å². The number of hydrogen-bond donors (Lipinski definition) is 0. The molecule has 9 nitrogen and oxygen atoms in total. The molecule has 32 heavy (non-hydrogen) atoms. The number of nitro groups is 1. The van der Waals surface area contributed by atoms with Gasteiger partial charge in [-0.3, -0.25) is 14.9 Å². The van der Waals surface area contributed by atoms with Crippen molar-refractivity contribution in [2.45, 2.75) is 37.4 Å². The molecule has 0 amide bonds. The average Bonchev–Trinajstić information content (AvgIpc) is 3.31. The summed E-state index contributed by atoms with van der Waals surface area (Å²) < 4.78 is 8.69. The van der Waals surface area contributed by atoms with Crippen LogP contribution < -0.4 is 5.56 Å². The van der Waals surface area contributed by atoms with Crippen LogP contribution in [0.5, 0.6) is 0 Å². The van der Waals surface area contributed by atoms with Gasteiger partial charge in [-0.15, -0.1) is 5.10 Å². The number of hydrogen-bond acceptors (Lipinski definition) is 7. The first kappa shape index (κ1) is 20.3. The monoisotopic (exact) mass is 449 g/mol. The Kier molecular flexibility index (Phi) is 5.36. The molecule has 2 aromatic rings. The first-order chi connectivity index (χ1) is 15.6. The van der Waals surface area contributed by atoms with Crippen molar-refractivity contribution in [3.8, 4) is 17.1 Å². The van der Waals surface area contributed by atoms with E-state index < -0.39 is 4.92 Å². The smallest absolute Gasteiger partial charge is 0.401 e. The van der Waals surface area contributed by atoms with E-state index >= 15 is 0 Å². The van der Waals surface area contributed by atoms with Crippen LogP contribution in [0.25, 0.3) is 23.2 Å². The van der Waals surface area contributed by atoms with Gasteiger partial charge in [0.2, 0.25) is 0 Å². The topological polar surface area (TPSA) is 109 Å². The van der Waals surface area contributed by atoms with E-state index in [1.54, 1.807) is 17.6 Å². The summed E-state index contributed by atoms with van der Waals surface area (Å²) in [6.07, 6.45) is 5.55. The van der Waals surface area contributed by atoms with Gasteiger partial charge < -0.3 is 8.98 Å². The predicted octanol–water partition coefficient (Wildman–Crippen LogP) is 4.52. The third-order valence-electron chi connectivity index (χ3n) is 5.37. The van der Waals surface area contributed by atoms with Crippen molar-refractivity contribution in [2.75, 3.05) is 0 Å². The van der Waals surface area contributed by atoms with Crippen LogP contribution >= 0.6 is 11.8 Å². The van der Waals surface area contributed by atoms with Gasteiger partial charge in [-0.05, 0) is 48.9 Å². The first-order valence-electron chi connectivity index (χ1n) is 10.3. The third kappa shape index (κ3) is 3.73. The molecule has 5 rings (SSSR count). The molecule has 0 N–H and O–H groups in total. The number of nitrogens with zero attached hydrogens (tertiary/aromatic N) is 5. The van der Waals surface area contributed by atoms with Crippen LogP contribution in [0, 0.1) is 10.1 Å². The standard InChI is InChI=1S/C22H19N5O4S/c28-21-19-17-9-5-2-6-13-25(17)22(32-14-12-16-10-11-18(31-16)27(29)30)23-20(19)24-26(21)15-7-3-1-4-8-15/h1,3-4,7-8,10-12,14H,2,5-6,9,13H2/b14-12+. The van der Waals surface area contributed by atoms with Crippen LogP contribution in [0.2, 0.25) is 0 Å². The van der Waals surface area contributed by atoms with Crippen LogP contribution in [0.15, 0.2) is 62.2 Å². The molecule has 162 valence electrons. The molecule has 0 saturated carbocycles. The quantitative estimate of drug-likeness (QED) is 0.191. The van der Waals surface area contributed by atoms with Gasteiger partial charge in [0.1, 0.15) is 16.2 Å². The Bertz CT molecular complexity index is 1340. The molecular formula is C22H19N5O4S. The summed E-state index contributed by atoms with van der Waals surface area (Å²) in [5, 5.41) is 17.8. The lowest BCUT2D eigenvalue weighted by molar-refractivity contribution is -0.402. The fraction of sp³-hybridized carbons (Fsp3) is 0.227. The van der Waals surface area contributed by atoms with E-state index in [9.17, 15) is 14.9 Å². The Hall–Kier alpha value is -3.66. The van der Waals surface area contributed by atoms with E-state index in [-0.39, 0.29) is 11.4 Å². The summed E-state index contributed by atoms with van der Waals surface area (Å²) in [5.41, 5.74) is 2.09. The van der Waals surface area contributed by atoms with Gasteiger partial charge in [0.05, 0.1) is 11.8 Å². The van der Waals surface area contributed by atoms with Crippen molar-refractivity contribution < 1.29 is 9.34 Å². The van der Waals surface area contributed by atoms with Gasteiger partial charge >= 0.3 is 5.88 Å². The molecule has 0 atom stereocenters. The Morgan fingerprint density at radius 1 is 1.12 bits per heavy atom. The molecule has 1 aromatic heterocycles. The lowest BCUT2D eigenvalue weighted by Crippen LogP contribution is -2.18. The summed E-state index contributed by atoms with van der Waals surface area (Å²) in [6, 6.07) is 12.2. The first-order valence-corrected chi connectivity index (χ1v) is 11.1. The van der Waals surface area contributed by atoms with Gasteiger partial charge in [-0.1, -0.05) is 36.4 Å². The molecule has 0 aliphatic carbocycles. The molecule has 0 radical (unpaired) electrons. The highest BCUT2D eigenvalue weighted by molar-refractivity contribution is 8.02. The van der Waals surface area contributed by atoms with Crippen molar-refractivity contribution in [2.24, 2.45) is 0 Å². The average molecular weight is 449 g/mol. The second kappa shape index (κ2) is 8.46. The minimum atomic E-state index is -0.570. The maximum Gasteiger partial charge on any atom is 0.433 e. The zero-order chi connectivity index (χ0) is 22.1. The number of furan rings is 1. The molecule has 0 bridgehead atoms. The summed E-state index contributed by atoms with van der Waals surface area (Å²) in [4.78, 5) is 28.2. The fourth-order valence-corrected chi connectivity index (χ4v) is 4.67. The van der Waals surface area contributed by atoms with Crippen LogP contribution in [-0.2, 0) is 13.0 Å². The Morgan fingerprint density at radius 3 is 2.75 bits per heavy atom. The zero-order valence-electron chi connectivity index (χ0n) is 17.0. The Balaban J connectivity index is 1.56. The van der Waals surface area contributed by atoms with Gasteiger partial charge in [0.15, 0.2) is 11.0 Å². The van der Waals surface area contributed by atoms with Gasteiger partial charge in [-0.2, -0.15) is 4.68 Å². The van der Waals surface area contributed by atoms with E-state index in [0.29, 0.717) is 22.8 Å². The number of rotatable bonds is 5. The number of para-hydroxylation sites is 1. The number of fused-ring (bicyclic) bond motifs is 3. The van der Waals surface area contributed by atoms with Crippen molar-refractivity contribution in [1.82, 2.24) is 19.3 Å². The maximum atomic E-state index is 13.2. The molecule has 0 unspecified atom stereocenters. The van der Waals surface area contributed by atoms with Crippen LogP contribution in [0.3, 0.4) is 0 Å². The molecule has 1 aromatic carbocycles. The van der Waals surface area contributed by atoms with Gasteiger partial charge in [-0.25, -0.2) is 4.98 Å². The molecule has 0 fully saturated rings. The largest absolute Gasteiger partial charge is 0.433 e. The highest BCUT2D eigenvalue weighted by atomic mass is 32.2.